The number of carbonyl (C=O) groups is 2. The fourth-order valence-corrected chi connectivity index (χ4v) is 4.00. The molecule has 3 atom stereocenters. The molecule has 3 unspecified atom stereocenters. The van der Waals surface area contributed by atoms with E-state index in [0.29, 0.717) is 11.7 Å². The fourth-order valence-electron chi connectivity index (χ4n) is 3.00. The highest BCUT2D eigenvalue weighted by molar-refractivity contribution is 7.99. The maximum atomic E-state index is 12.4. The van der Waals surface area contributed by atoms with Crippen LogP contribution in [0.1, 0.15) is 39.0 Å². The van der Waals surface area contributed by atoms with Crippen molar-refractivity contribution in [3.8, 4) is 0 Å². The molecule has 2 fully saturated rings. The second kappa shape index (κ2) is 5.95. The summed E-state index contributed by atoms with van der Waals surface area (Å²) in [6.45, 7) is 2.19. The average molecular weight is 270 g/mol. The number of thioether (sulfide) groups is 1. The van der Waals surface area contributed by atoms with Gasteiger partial charge in [0.05, 0.1) is 6.54 Å². The zero-order valence-electron chi connectivity index (χ0n) is 11.1. The SMILES string of the molecule is CCC1NC(=O)CN(C2CCCCC2SC)C1=O. The van der Waals surface area contributed by atoms with Gasteiger partial charge in [0.25, 0.3) is 0 Å². The van der Waals surface area contributed by atoms with Gasteiger partial charge in [-0.2, -0.15) is 11.8 Å². The Labute approximate surface area is 113 Å². The minimum Gasteiger partial charge on any atom is -0.343 e. The summed E-state index contributed by atoms with van der Waals surface area (Å²) in [4.78, 5) is 25.9. The first-order valence-corrected chi connectivity index (χ1v) is 8.08. The van der Waals surface area contributed by atoms with Gasteiger partial charge >= 0.3 is 0 Å². The van der Waals surface area contributed by atoms with Crippen LogP contribution >= 0.6 is 11.8 Å². The quantitative estimate of drug-likeness (QED) is 0.843. The van der Waals surface area contributed by atoms with Gasteiger partial charge in [0, 0.05) is 11.3 Å². The molecule has 18 heavy (non-hydrogen) atoms. The van der Waals surface area contributed by atoms with Crippen molar-refractivity contribution in [1.82, 2.24) is 10.2 Å². The number of nitrogens with zero attached hydrogens (tertiary/aromatic N) is 1. The molecule has 102 valence electrons. The van der Waals surface area contributed by atoms with E-state index in [0.717, 1.165) is 12.8 Å². The van der Waals surface area contributed by atoms with E-state index in [2.05, 4.69) is 11.6 Å². The Morgan fingerprint density at radius 3 is 2.72 bits per heavy atom. The molecule has 1 heterocycles. The number of hydrogen-bond donors (Lipinski definition) is 1. The lowest BCUT2D eigenvalue weighted by molar-refractivity contribution is -0.147. The van der Waals surface area contributed by atoms with Crippen molar-refractivity contribution in [1.29, 1.82) is 0 Å². The van der Waals surface area contributed by atoms with E-state index in [-0.39, 0.29) is 30.4 Å². The van der Waals surface area contributed by atoms with Crippen molar-refractivity contribution in [2.45, 2.75) is 56.4 Å². The van der Waals surface area contributed by atoms with Crippen LogP contribution in [0.15, 0.2) is 0 Å². The second-order valence-electron chi connectivity index (χ2n) is 5.12. The number of hydrogen-bond acceptors (Lipinski definition) is 3. The lowest BCUT2D eigenvalue weighted by Gasteiger charge is -2.42. The molecule has 1 saturated carbocycles. The molecule has 0 radical (unpaired) electrons. The Morgan fingerprint density at radius 1 is 1.33 bits per heavy atom. The lowest BCUT2D eigenvalue weighted by Crippen LogP contribution is -2.62. The van der Waals surface area contributed by atoms with E-state index in [9.17, 15) is 9.59 Å². The smallest absolute Gasteiger partial charge is 0.245 e. The van der Waals surface area contributed by atoms with E-state index in [1.165, 1.54) is 12.8 Å². The summed E-state index contributed by atoms with van der Waals surface area (Å²) in [6, 6.07) is -0.0583. The number of amides is 2. The molecule has 0 spiro atoms. The van der Waals surface area contributed by atoms with Gasteiger partial charge in [-0.15, -0.1) is 0 Å². The van der Waals surface area contributed by atoms with Gasteiger partial charge in [0.1, 0.15) is 6.04 Å². The molecule has 4 nitrogen and oxygen atoms in total. The van der Waals surface area contributed by atoms with Crippen molar-refractivity contribution in [3.63, 3.8) is 0 Å². The highest BCUT2D eigenvalue weighted by Crippen LogP contribution is 2.31. The van der Waals surface area contributed by atoms with Gasteiger partial charge in [-0.1, -0.05) is 19.8 Å². The molecular formula is C13H22N2O2S. The minimum absolute atomic E-state index is 0.00752. The topological polar surface area (TPSA) is 49.4 Å². The summed E-state index contributed by atoms with van der Waals surface area (Å²) in [7, 11) is 0. The standard InChI is InChI=1S/C13H22N2O2S/c1-3-9-13(17)15(8-12(16)14-9)10-6-4-5-7-11(10)18-2/h9-11H,3-8H2,1-2H3,(H,14,16). The van der Waals surface area contributed by atoms with Crippen molar-refractivity contribution in [2.24, 2.45) is 0 Å². The lowest BCUT2D eigenvalue weighted by atomic mass is 9.92. The van der Waals surface area contributed by atoms with Gasteiger partial charge in [-0.3, -0.25) is 9.59 Å². The molecule has 5 heteroatoms. The van der Waals surface area contributed by atoms with Crippen LogP contribution in [0, 0.1) is 0 Å². The normalized spacial score (nSPS) is 33.4. The van der Waals surface area contributed by atoms with Gasteiger partial charge in [0.15, 0.2) is 0 Å². The number of nitrogens with one attached hydrogen (secondary N) is 1. The Bertz CT molecular complexity index is 335. The third-order valence-corrected chi connectivity index (χ3v) is 5.16. The van der Waals surface area contributed by atoms with Crippen LogP contribution in [0.25, 0.3) is 0 Å². The molecule has 0 aromatic rings. The Morgan fingerprint density at radius 2 is 2.06 bits per heavy atom. The zero-order chi connectivity index (χ0) is 13.1. The van der Waals surface area contributed by atoms with E-state index in [4.69, 9.17) is 0 Å². The summed E-state index contributed by atoms with van der Waals surface area (Å²) in [5.41, 5.74) is 0. The van der Waals surface area contributed by atoms with E-state index < -0.39 is 0 Å². The van der Waals surface area contributed by atoms with E-state index in [1.54, 1.807) is 0 Å². The van der Waals surface area contributed by atoms with Crippen LogP contribution in [0.5, 0.6) is 0 Å². The van der Waals surface area contributed by atoms with Gasteiger partial charge in [-0.05, 0) is 25.5 Å². The van der Waals surface area contributed by atoms with Crippen molar-refractivity contribution >= 4 is 23.6 Å². The highest BCUT2D eigenvalue weighted by Gasteiger charge is 2.39. The molecule has 1 N–H and O–H groups in total. The maximum absolute atomic E-state index is 12.4. The molecule has 2 aliphatic rings. The van der Waals surface area contributed by atoms with Crippen LogP contribution < -0.4 is 5.32 Å². The second-order valence-corrected chi connectivity index (χ2v) is 6.20. The minimum atomic E-state index is -0.310. The third-order valence-electron chi connectivity index (χ3n) is 4.01. The average Bonchev–Trinajstić information content (AvgIpc) is 2.41. The van der Waals surface area contributed by atoms with Gasteiger partial charge in [-0.25, -0.2) is 0 Å². The predicted octanol–water partition coefficient (Wildman–Crippen LogP) is 1.40. The van der Waals surface area contributed by atoms with Crippen LogP contribution in [-0.4, -0.2) is 46.8 Å². The highest BCUT2D eigenvalue weighted by atomic mass is 32.2. The summed E-state index contributed by atoms with van der Waals surface area (Å²) in [6.07, 6.45) is 7.40. The summed E-state index contributed by atoms with van der Waals surface area (Å²) < 4.78 is 0. The number of carbonyl (C=O) groups excluding carboxylic acids is 2. The monoisotopic (exact) mass is 270 g/mol. The molecule has 0 bridgehead atoms. The summed E-state index contributed by atoms with van der Waals surface area (Å²) in [5, 5.41) is 3.27. The third kappa shape index (κ3) is 2.66. The number of piperazine rings is 1. The Balaban J connectivity index is 2.13. The van der Waals surface area contributed by atoms with E-state index >= 15 is 0 Å². The van der Waals surface area contributed by atoms with Crippen molar-refractivity contribution in [2.75, 3.05) is 12.8 Å². The summed E-state index contributed by atoms with van der Waals surface area (Å²) in [5.74, 6) is 0.106. The first-order valence-electron chi connectivity index (χ1n) is 6.80. The molecule has 1 aliphatic heterocycles. The molecule has 2 rings (SSSR count). The molecule has 0 aromatic heterocycles. The van der Waals surface area contributed by atoms with Gasteiger partial charge < -0.3 is 10.2 Å². The maximum Gasteiger partial charge on any atom is 0.245 e. The van der Waals surface area contributed by atoms with Crippen molar-refractivity contribution in [3.05, 3.63) is 0 Å². The molecule has 1 saturated heterocycles. The Hall–Kier alpha value is -0.710. The molecular weight excluding hydrogens is 248 g/mol. The van der Waals surface area contributed by atoms with Crippen LogP contribution in [0.4, 0.5) is 0 Å². The largest absolute Gasteiger partial charge is 0.343 e. The van der Waals surface area contributed by atoms with Gasteiger partial charge in [0.2, 0.25) is 11.8 Å². The van der Waals surface area contributed by atoms with Crippen LogP contribution in [-0.2, 0) is 9.59 Å². The number of rotatable bonds is 3. The first kappa shape index (κ1) is 13.7. The first-order chi connectivity index (χ1) is 8.67. The molecule has 1 aliphatic carbocycles. The predicted molar refractivity (Wildman–Crippen MR) is 73.5 cm³/mol. The molecule has 2 amide bonds. The van der Waals surface area contributed by atoms with E-state index in [1.807, 2.05) is 23.6 Å². The zero-order valence-corrected chi connectivity index (χ0v) is 12.0. The summed E-state index contributed by atoms with van der Waals surface area (Å²) >= 11 is 1.83. The van der Waals surface area contributed by atoms with Crippen LogP contribution in [0.2, 0.25) is 0 Å². The molecule has 0 aromatic carbocycles. The van der Waals surface area contributed by atoms with Crippen LogP contribution in [0.3, 0.4) is 0 Å². The fraction of sp³-hybridized carbons (Fsp3) is 0.846. The van der Waals surface area contributed by atoms with Crippen molar-refractivity contribution < 1.29 is 9.59 Å². The Kier molecular flexibility index (Phi) is 4.54.